The Morgan fingerprint density at radius 3 is 2.83 bits per heavy atom. The summed E-state index contributed by atoms with van der Waals surface area (Å²) in [5.41, 5.74) is 1.07. The van der Waals surface area contributed by atoms with Gasteiger partial charge < -0.3 is 10.1 Å². The SMILES string of the molecule is COc1ccc([N+](=O)[O-])cc1NC(=O)C(C)Sc1nc(C)cs1. The predicted molar refractivity (Wildman–Crippen MR) is 90.4 cm³/mol. The van der Waals surface area contributed by atoms with Crippen molar-refractivity contribution in [1.82, 2.24) is 4.98 Å². The quantitative estimate of drug-likeness (QED) is 0.485. The number of nitrogens with one attached hydrogen (secondary N) is 1. The van der Waals surface area contributed by atoms with Crippen LogP contribution in [0, 0.1) is 17.0 Å². The maximum absolute atomic E-state index is 12.3. The van der Waals surface area contributed by atoms with E-state index in [1.807, 2.05) is 12.3 Å². The number of thioether (sulfide) groups is 1. The number of amides is 1. The Bertz CT molecular complexity index is 733. The summed E-state index contributed by atoms with van der Waals surface area (Å²) in [5.74, 6) is 0.0906. The van der Waals surface area contributed by atoms with Crippen LogP contribution in [0.2, 0.25) is 0 Å². The lowest BCUT2D eigenvalue weighted by Gasteiger charge is -2.13. The first-order valence-electron chi connectivity index (χ1n) is 6.62. The summed E-state index contributed by atoms with van der Waals surface area (Å²) in [4.78, 5) is 26.9. The van der Waals surface area contributed by atoms with E-state index < -0.39 is 10.2 Å². The summed E-state index contributed by atoms with van der Waals surface area (Å²) in [6.07, 6.45) is 0. The molecule has 7 nitrogen and oxygen atoms in total. The number of nitrogens with zero attached hydrogens (tertiary/aromatic N) is 2. The van der Waals surface area contributed by atoms with Crippen molar-refractivity contribution in [2.45, 2.75) is 23.4 Å². The molecule has 1 aromatic carbocycles. The van der Waals surface area contributed by atoms with Crippen LogP contribution in [-0.2, 0) is 4.79 Å². The van der Waals surface area contributed by atoms with E-state index in [0.29, 0.717) is 5.75 Å². The van der Waals surface area contributed by atoms with Crippen molar-refractivity contribution in [2.24, 2.45) is 0 Å². The highest BCUT2D eigenvalue weighted by molar-refractivity contribution is 8.02. The van der Waals surface area contributed by atoms with Gasteiger partial charge in [-0.3, -0.25) is 14.9 Å². The van der Waals surface area contributed by atoms with Crippen LogP contribution in [0.4, 0.5) is 11.4 Å². The zero-order valence-electron chi connectivity index (χ0n) is 12.7. The van der Waals surface area contributed by atoms with Crippen molar-refractivity contribution in [2.75, 3.05) is 12.4 Å². The molecular formula is C14H15N3O4S2. The number of carbonyl (C=O) groups is 1. The predicted octanol–water partition coefficient (Wildman–Crippen LogP) is 3.49. The largest absolute Gasteiger partial charge is 0.495 e. The van der Waals surface area contributed by atoms with E-state index in [1.54, 1.807) is 6.92 Å². The second kappa shape index (κ2) is 7.42. The molecule has 0 aliphatic rings. The molecule has 23 heavy (non-hydrogen) atoms. The third-order valence-corrected chi connectivity index (χ3v) is 5.09. The number of aryl methyl sites for hydroxylation is 1. The van der Waals surface area contributed by atoms with E-state index >= 15 is 0 Å². The Labute approximate surface area is 141 Å². The van der Waals surface area contributed by atoms with Crippen molar-refractivity contribution in [3.05, 3.63) is 39.4 Å². The zero-order valence-corrected chi connectivity index (χ0v) is 14.4. The number of thiazole rings is 1. The van der Waals surface area contributed by atoms with Crippen LogP contribution in [0.25, 0.3) is 0 Å². The number of carbonyl (C=O) groups excluding carboxylic acids is 1. The number of anilines is 1. The summed E-state index contributed by atoms with van der Waals surface area (Å²) >= 11 is 2.81. The third-order valence-electron chi connectivity index (χ3n) is 2.90. The van der Waals surface area contributed by atoms with Gasteiger partial charge in [-0.15, -0.1) is 11.3 Å². The van der Waals surface area contributed by atoms with Crippen molar-refractivity contribution in [1.29, 1.82) is 0 Å². The minimum absolute atomic E-state index is 0.114. The molecule has 0 aliphatic carbocycles. The zero-order chi connectivity index (χ0) is 17.0. The van der Waals surface area contributed by atoms with E-state index in [2.05, 4.69) is 10.3 Å². The van der Waals surface area contributed by atoms with Crippen molar-refractivity contribution in [3.63, 3.8) is 0 Å². The Hall–Kier alpha value is -2.13. The second-order valence-electron chi connectivity index (χ2n) is 4.65. The molecule has 1 aromatic heterocycles. The van der Waals surface area contributed by atoms with Crippen LogP contribution in [0.1, 0.15) is 12.6 Å². The molecule has 0 spiro atoms. The fourth-order valence-corrected chi connectivity index (χ4v) is 3.72. The van der Waals surface area contributed by atoms with E-state index in [9.17, 15) is 14.9 Å². The van der Waals surface area contributed by atoms with Gasteiger partial charge in [-0.2, -0.15) is 0 Å². The van der Waals surface area contributed by atoms with Crippen LogP contribution in [-0.4, -0.2) is 28.2 Å². The van der Waals surface area contributed by atoms with Crippen molar-refractivity contribution in [3.8, 4) is 5.75 Å². The molecule has 9 heteroatoms. The number of methoxy groups -OCH3 is 1. The Kier molecular flexibility index (Phi) is 5.56. The van der Waals surface area contributed by atoms with E-state index in [0.717, 1.165) is 10.0 Å². The molecule has 1 amide bonds. The number of hydrogen-bond donors (Lipinski definition) is 1. The molecule has 0 aliphatic heterocycles. The van der Waals surface area contributed by atoms with Crippen molar-refractivity contribution < 1.29 is 14.5 Å². The molecule has 1 atom stereocenters. The van der Waals surface area contributed by atoms with Crippen LogP contribution in [0.3, 0.4) is 0 Å². The maximum atomic E-state index is 12.3. The van der Waals surface area contributed by atoms with E-state index in [-0.39, 0.29) is 17.3 Å². The fraction of sp³-hybridized carbons (Fsp3) is 0.286. The first-order chi connectivity index (χ1) is 10.9. The molecule has 2 rings (SSSR count). The average Bonchev–Trinajstić information content (AvgIpc) is 2.92. The number of rotatable bonds is 6. The van der Waals surface area contributed by atoms with Gasteiger partial charge in [0.25, 0.3) is 5.69 Å². The summed E-state index contributed by atoms with van der Waals surface area (Å²) < 4.78 is 5.93. The summed E-state index contributed by atoms with van der Waals surface area (Å²) in [6, 6.07) is 4.06. The number of benzene rings is 1. The van der Waals surface area contributed by atoms with Gasteiger partial charge >= 0.3 is 0 Å². The number of aromatic nitrogens is 1. The first-order valence-corrected chi connectivity index (χ1v) is 8.38. The van der Waals surface area contributed by atoms with Gasteiger partial charge in [0.1, 0.15) is 5.75 Å². The smallest absolute Gasteiger partial charge is 0.271 e. The van der Waals surface area contributed by atoms with Gasteiger partial charge in [-0.1, -0.05) is 11.8 Å². The molecule has 0 saturated carbocycles. The molecule has 0 fully saturated rings. The molecule has 0 saturated heterocycles. The molecule has 2 aromatic rings. The van der Waals surface area contributed by atoms with Gasteiger partial charge in [-0.05, 0) is 19.9 Å². The van der Waals surface area contributed by atoms with Gasteiger partial charge in [0.2, 0.25) is 5.91 Å². The first kappa shape index (κ1) is 17.2. The van der Waals surface area contributed by atoms with Gasteiger partial charge in [0.05, 0.1) is 23.0 Å². The fourth-order valence-electron chi connectivity index (χ4n) is 1.73. The molecule has 0 bridgehead atoms. The maximum Gasteiger partial charge on any atom is 0.271 e. The summed E-state index contributed by atoms with van der Waals surface area (Å²) in [6.45, 7) is 3.64. The van der Waals surface area contributed by atoms with Gasteiger partial charge in [0, 0.05) is 23.2 Å². The Morgan fingerprint density at radius 2 is 2.26 bits per heavy atom. The van der Waals surface area contributed by atoms with Gasteiger partial charge in [0.15, 0.2) is 4.34 Å². The minimum atomic E-state index is -0.522. The number of non-ortho nitro benzene ring substituents is 1. The minimum Gasteiger partial charge on any atom is -0.495 e. The lowest BCUT2D eigenvalue weighted by Crippen LogP contribution is -2.22. The normalized spacial score (nSPS) is 11.8. The van der Waals surface area contributed by atoms with Crippen LogP contribution >= 0.6 is 23.1 Å². The highest BCUT2D eigenvalue weighted by atomic mass is 32.2. The Morgan fingerprint density at radius 1 is 1.52 bits per heavy atom. The van der Waals surface area contributed by atoms with E-state index in [1.165, 1.54) is 48.4 Å². The summed E-state index contributed by atoms with van der Waals surface area (Å²) in [5, 5.41) is 15.0. The van der Waals surface area contributed by atoms with E-state index in [4.69, 9.17) is 4.74 Å². The standard InChI is InChI=1S/C14H15N3O4S2/c1-8-7-22-14(15-8)23-9(2)13(18)16-11-6-10(17(19)20)4-5-12(11)21-3/h4-7,9H,1-3H3,(H,16,18). The lowest BCUT2D eigenvalue weighted by atomic mass is 10.2. The molecular weight excluding hydrogens is 338 g/mol. The molecule has 122 valence electrons. The number of nitro groups is 1. The highest BCUT2D eigenvalue weighted by Crippen LogP contribution is 2.31. The monoisotopic (exact) mass is 353 g/mol. The van der Waals surface area contributed by atoms with Crippen LogP contribution < -0.4 is 10.1 Å². The van der Waals surface area contributed by atoms with Gasteiger partial charge in [-0.25, -0.2) is 4.98 Å². The second-order valence-corrected chi connectivity index (χ2v) is 7.09. The average molecular weight is 353 g/mol. The van der Waals surface area contributed by atoms with Crippen molar-refractivity contribution >= 4 is 40.4 Å². The third kappa shape index (κ3) is 4.42. The molecule has 1 N–H and O–H groups in total. The molecule has 0 radical (unpaired) electrons. The van der Waals surface area contributed by atoms with Crippen LogP contribution in [0.15, 0.2) is 27.9 Å². The Balaban J connectivity index is 2.12. The molecule has 1 heterocycles. The number of ether oxygens (including phenoxy) is 1. The number of nitro benzene ring substituents is 1. The summed E-state index contributed by atoms with van der Waals surface area (Å²) in [7, 11) is 1.44. The number of hydrogen-bond acceptors (Lipinski definition) is 7. The molecule has 1 unspecified atom stereocenters. The highest BCUT2D eigenvalue weighted by Gasteiger charge is 2.19. The topological polar surface area (TPSA) is 94.4 Å². The lowest BCUT2D eigenvalue weighted by molar-refractivity contribution is -0.384. The van der Waals surface area contributed by atoms with Crippen LogP contribution in [0.5, 0.6) is 5.75 Å².